The second-order valence-corrected chi connectivity index (χ2v) is 6.87. The van der Waals surface area contributed by atoms with Gasteiger partial charge < -0.3 is 10.4 Å². The molecule has 0 aliphatic carbocycles. The van der Waals surface area contributed by atoms with Crippen molar-refractivity contribution in [2.24, 2.45) is 5.92 Å². The number of nitrogens with one attached hydrogen (secondary N) is 1. The van der Waals surface area contributed by atoms with E-state index in [1.807, 2.05) is 0 Å². The smallest absolute Gasteiger partial charge is 0.0730 e. The summed E-state index contributed by atoms with van der Waals surface area (Å²) in [6, 6.07) is 2.60. The summed E-state index contributed by atoms with van der Waals surface area (Å²) in [4.78, 5) is 1.34. The summed E-state index contributed by atoms with van der Waals surface area (Å²) in [5.74, 6) is 0.552. The monoisotopic (exact) mass is 305 g/mol. The van der Waals surface area contributed by atoms with Gasteiger partial charge in [0.15, 0.2) is 0 Å². The average molecular weight is 306 g/mol. The van der Waals surface area contributed by atoms with Crippen LogP contribution < -0.4 is 5.32 Å². The molecule has 0 saturated carbocycles. The van der Waals surface area contributed by atoms with Crippen molar-refractivity contribution in [3.63, 3.8) is 0 Å². The molecule has 2 nitrogen and oxygen atoms in total. The van der Waals surface area contributed by atoms with Crippen molar-refractivity contribution in [1.82, 2.24) is 5.32 Å². The van der Waals surface area contributed by atoms with Gasteiger partial charge >= 0.3 is 0 Å². The molecule has 1 unspecified atom stereocenters. The predicted octanol–water partition coefficient (Wildman–Crippen LogP) is 3.32. The van der Waals surface area contributed by atoms with Crippen LogP contribution in [0.2, 0.25) is 0 Å². The van der Waals surface area contributed by atoms with Gasteiger partial charge in [0.25, 0.3) is 0 Å². The molecular formula is C12H20BrNOS. The van der Waals surface area contributed by atoms with Crippen LogP contribution in [0.4, 0.5) is 0 Å². The van der Waals surface area contributed by atoms with E-state index in [0.717, 1.165) is 13.0 Å². The molecule has 1 aromatic rings. The number of rotatable bonds is 6. The third kappa shape index (κ3) is 4.17. The van der Waals surface area contributed by atoms with Gasteiger partial charge in [0.05, 0.1) is 3.79 Å². The minimum Gasteiger partial charge on any atom is -0.396 e. The summed E-state index contributed by atoms with van der Waals surface area (Å²) >= 11 is 5.31. The van der Waals surface area contributed by atoms with Crippen LogP contribution in [0.1, 0.15) is 30.7 Å². The van der Waals surface area contributed by atoms with Gasteiger partial charge in [-0.15, -0.1) is 11.3 Å². The van der Waals surface area contributed by atoms with Gasteiger partial charge in [0, 0.05) is 24.1 Å². The van der Waals surface area contributed by atoms with Crippen LogP contribution in [0.15, 0.2) is 9.85 Å². The molecule has 0 fully saturated rings. The largest absolute Gasteiger partial charge is 0.396 e. The maximum Gasteiger partial charge on any atom is 0.0730 e. The molecule has 16 heavy (non-hydrogen) atoms. The molecule has 0 aliphatic heterocycles. The molecule has 2 N–H and O–H groups in total. The Hall–Kier alpha value is 0.100. The van der Waals surface area contributed by atoms with Crippen molar-refractivity contribution in [3.8, 4) is 0 Å². The standard InChI is InChI=1S/C12H20BrNOS/c1-8(2)11(4-5-15)14-7-10-6-9(3)12(13)16-10/h6,8,11,14-15H,4-5,7H2,1-3H3. The van der Waals surface area contributed by atoms with Crippen molar-refractivity contribution in [2.45, 2.75) is 39.8 Å². The van der Waals surface area contributed by atoms with Crippen LogP contribution >= 0.6 is 27.3 Å². The van der Waals surface area contributed by atoms with Crippen molar-refractivity contribution in [2.75, 3.05) is 6.61 Å². The summed E-state index contributed by atoms with van der Waals surface area (Å²) in [5, 5.41) is 12.5. The number of hydrogen-bond acceptors (Lipinski definition) is 3. The van der Waals surface area contributed by atoms with E-state index in [0.29, 0.717) is 12.0 Å². The first-order valence-electron chi connectivity index (χ1n) is 5.63. The fraction of sp³-hybridized carbons (Fsp3) is 0.667. The van der Waals surface area contributed by atoms with Crippen LogP contribution in [0.25, 0.3) is 0 Å². The quantitative estimate of drug-likeness (QED) is 0.845. The lowest BCUT2D eigenvalue weighted by molar-refractivity contribution is 0.244. The van der Waals surface area contributed by atoms with Gasteiger partial charge in [0.2, 0.25) is 0 Å². The Morgan fingerprint density at radius 1 is 1.50 bits per heavy atom. The third-order valence-electron chi connectivity index (χ3n) is 2.69. The molecular weight excluding hydrogens is 286 g/mol. The van der Waals surface area contributed by atoms with E-state index in [1.54, 1.807) is 11.3 Å². The molecule has 0 spiro atoms. The highest BCUT2D eigenvalue weighted by atomic mass is 79.9. The van der Waals surface area contributed by atoms with Crippen molar-refractivity contribution in [1.29, 1.82) is 0 Å². The van der Waals surface area contributed by atoms with Gasteiger partial charge in [-0.25, -0.2) is 0 Å². The molecule has 1 atom stereocenters. The third-order valence-corrected chi connectivity index (χ3v) is 4.83. The molecule has 0 amide bonds. The normalized spacial score (nSPS) is 13.4. The lowest BCUT2D eigenvalue weighted by Gasteiger charge is -2.21. The highest BCUT2D eigenvalue weighted by molar-refractivity contribution is 9.11. The maximum atomic E-state index is 8.99. The van der Waals surface area contributed by atoms with Gasteiger partial charge in [0.1, 0.15) is 0 Å². The number of hydrogen-bond donors (Lipinski definition) is 2. The van der Waals surface area contributed by atoms with Gasteiger partial charge in [-0.05, 0) is 46.8 Å². The summed E-state index contributed by atoms with van der Waals surface area (Å²) < 4.78 is 1.22. The minimum absolute atomic E-state index is 0.253. The zero-order valence-electron chi connectivity index (χ0n) is 10.1. The first-order chi connectivity index (χ1) is 7.54. The number of aliphatic hydroxyl groups excluding tert-OH is 1. The van der Waals surface area contributed by atoms with E-state index in [-0.39, 0.29) is 6.61 Å². The van der Waals surface area contributed by atoms with E-state index >= 15 is 0 Å². The number of halogens is 1. The van der Waals surface area contributed by atoms with Gasteiger partial charge in [-0.1, -0.05) is 13.8 Å². The van der Waals surface area contributed by atoms with E-state index in [2.05, 4.69) is 48.1 Å². The average Bonchev–Trinajstić information content (AvgIpc) is 2.53. The summed E-state index contributed by atoms with van der Waals surface area (Å²) in [6.45, 7) is 7.62. The Bertz CT molecular complexity index is 305. The molecule has 1 heterocycles. The fourth-order valence-electron chi connectivity index (χ4n) is 1.65. The fourth-order valence-corrected chi connectivity index (χ4v) is 3.23. The molecule has 92 valence electrons. The van der Waals surface area contributed by atoms with Crippen molar-refractivity contribution in [3.05, 3.63) is 20.3 Å². The highest BCUT2D eigenvalue weighted by Crippen LogP contribution is 2.27. The van der Waals surface area contributed by atoms with Crippen LogP contribution in [0.5, 0.6) is 0 Å². The molecule has 0 aromatic carbocycles. The first-order valence-corrected chi connectivity index (χ1v) is 7.24. The van der Waals surface area contributed by atoms with Crippen LogP contribution in [-0.2, 0) is 6.54 Å². The molecule has 4 heteroatoms. The Morgan fingerprint density at radius 3 is 2.62 bits per heavy atom. The highest BCUT2D eigenvalue weighted by Gasteiger charge is 2.12. The predicted molar refractivity (Wildman–Crippen MR) is 73.9 cm³/mol. The lowest BCUT2D eigenvalue weighted by Crippen LogP contribution is -2.33. The van der Waals surface area contributed by atoms with Crippen molar-refractivity contribution < 1.29 is 5.11 Å². The molecule has 0 radical (unpaired) electrons. The first kappa shape index (κ1) is 14.2. The van der Waals surface area contributed by atoms with E-state index in [4.69, 9.17) is 5.11 Å². The lowest BCUT2D eigenvalue weighted by atomic mass is 10.0. The van der Waals surface area contributed by atoms with Gasteiger partial charge in [-0.3, -0.25) is 0 Å². The summed E-state index contributed by atoms with van der Waals surface area (Å²) in [5.41, 5.74) is 1.30. The maximum absolute atomic E-state index is 8.99. The van der Waals surface area contributed by atoms with E-state index < -0.39 is 0 Å². The van der Waals surface area contributed by atoms with Crippen LogP contribution in [0.3, 0.4) is 0 Å². The SMILES string of the molecule is Cc1cc(CNC(CCO)C(C)C)sc1Br. The van der Waals surface area contributed by atoms with Crippen molar-refractivity contribution >= 4 is 27.3 Å². The van der Waals surface area contributed by atoms with Gasteiger partial charge in [-0.2, -0.15) is 0 Å². The molecule has 1 aromatic heterocycles. The van der Waals surface area contributed by atoms with E-state index in [9.17, 15) is 0 Å². The Labute approximate surface area is 110 Å². The second kappa shape index (κ2) is 6.74. The molecule has 0 saturated heterocycles. The Morgan fingerprint density at radius 2 is 2.19 bits per heavy atom. The zero-order valence-corrected chi connectivity index (χ0v) is 12.5. The Balaban J connectivity index is 2.48. The topological polar surface area (TPSA) is 32.3 Å². The Kier molecular flexibility index (Phi) is 5.97. The number of aliphatic hydroxyl groups is 1. The second-order valence-electron chi connectivity index (χ2n) is 4.41. The van der Waals surface area contributed by atoms with Crippen LogP contribution in [0, 0.1) is 12.8 Å². The van der Waals surface area contributed by atoms with E-state index in [1.165, 1.54) is 14.2 Å². The number of thiophene rings is 1. The molecule has 1 rings (SSSR count). The zero-order chi connectivity index (χ0) is 12.1. The molecule has 0 bridgehead atoms. The number of aryl methyl sites for hydroxylation is 1. The van der Waals surface area contributed by atoms with Crippen LogP contribution in [-0.4, -0.2) is 17.8 Å². The summed E-state index contributed by atoms with van der Waals surface area (Å²) in [6.07, 6.45) is 0.823. The summed E-state index contributed by atoms with van der Waals surface area (Å²) in [7, 11) is 0. The molecule has 0 aliphatic rings. The minimum atomic E-state index is 0.253.